The molecule has 0 aliphatic carbocycles. The smallest absolute Gasteiger partial charge is 0.159 e. The first-order valence-electron chi connectivity index (χ1n) is 7.21. The third-order valence-corrected chi connectivity index (χ3v) is 3.37. The number of rotatable bonds is 5. The van der Waals surface area contributed by atoms with Crippen molar-refractivity contribution < 1.29 is 9.13 Å². The largest absolute Gasteiger partial charge is 0.495 e. The van der Waals surface area contributed by atoms with Crippen LogP contribution in [0.15, 0.2) is 54.9 Å². The third kappa shape index (κ3) is 3.19. The molecule has 6 nitrogen and oxygen atoms in total. The highest BCUT2D eigenvalue weighted by molar-refractivity contribution is 5.81. The van der Waals surface area contributed by atoms with Gasteiger partial charge in [0.25, 0.3) is 0 Å². The van der Waals surface area contributed by atoms with E-state index in [9.17, 15) is 4.39 Å². The number of para-hydroxylation sites is 3. The topological polar surface area (TPSA) is 85.1 Å². The van der Waals surface area contributed by atoms with Gasteiger partial charge in [0.2, 0.25) is 0 Å². The maximum absolute atomic E-state index is 13.8. The molecule has 2 aromatic carbocycles. The summed E-state index contributed by atoms with van der Waals surface area (Å²) < 4.78 is 19.1. The summed E-state index contributed by atoms with van der Waals surface area (Å²) >= 11 is 0. The van der Waals surface area contributed by atoms with Gasteiger partial charge in [0.1, 0.15) is 23.6 Å². The average molecular weight is 325 g/mol. The van der Waals surface area contributed by atoms with Gasteiger partial charge in [-0.2, -0.15) is 0 Å². The van der Waals surface area contributed by atoms with Crippen LogP contribution in [0, 0.1) is 5.82 Å². The Morgan fingerprint density at radius 1 is 0.917 bits per heavy atom. The molecule has 24 heavy (non-hydrogen) atoms. The molecule has 0 spiro atoms. The Balaban J connectivity index is 1.90. The lowest BCUT2D eigenvalue weighted by molar-refractivity contribution is 0.417. The summed E-state index contributed by atoms with van der Waals surface area (Å²) in [6.45, 7) is 0. The number of aromatic nitrogens is 2. The van der Waals surface area contributed by atoms with Crippen LogP contribution < -0.4 is 21.1 Å². The fraction of sp³-hybridized carbons (Fsp3) is 0.0588. The highest BCUT2D eigenvalue weighted by atomic mass is 19.1. The minimum Gasteiger partial charge on any atom is -0.495 e. The normalized spacial score (nSPS) is 10.2. The van der Waals surface area contributed by atoms with Crippen molar-refractivity contribution in [1.29, 1.82) is 0 Å². The number of nitrogens with one attached hydrogen (secondary N) is 2. The molecule has 0 atom stereocenters. The highest BCUT2D eigenvalue weighted by Gasteiger charge is 2.12. The summed E-state index contributed by atoms with van der Waals surface area (Å²) in [6.07, 6.45) is 1.34. The van der Waals surface area contributed by atoms with Gasteiger partial charge in [-0.3, -0.25) is 0 Å². The molecular weight excluding hydrogens is 309 g/mol. The number of anilines is 5. The van der Waals surface area contributed by atoms with Crippen molar-refractivity contribution >= 4 is 28.7 Å². The Morgan fingerprint density at radius 2 is 1.50 bits per heavy atom. The van der Waals surface area contributed by atoms with E-state index in [1.54, 1.807) is 25.3 Å². The van der Waals surface area contributed by atoms with Gasteiger partial charge >= 0.3 is 0 Å². The molecule has 1 heterocycles. The number of nitrogen functional groups attached to an aromatic ring is 1. The second-order valence-electron chi connectivity index (χ2n) is 4.91. The molecule has 3 aromatic rings. The van der Waals surface area contributed by atoms with E-state index < -0.39 is 5.82 Å². The Morgan fingerprint density at radius 3 is 2.17 bits per heavy atom. The van der Waals surface area contributed by atoms with Crippen molar-refractivity contribution in [1.82, 2.24) is 9.97 Å². The van der Waals surface area contributed by atoms with E-state index in [0.29, 0.717) is 23.1 Å². The van der Waals surface area contributed by atoms with E-state index in [2.05, 4.69) is 20.6 Å². The summed E-state index contributed by atoms with van der Waals surface area (Å²) in [6, 6.07) is 13.7. The fourth-order valence-corrected chi connectivity index (χ4v) is 2.16. The maximum atomic E-state index is 13.8. The van der Waals surface area contributed by atoms with Crippen molar-refractivity contribution in [2.24, 2.45) is 0 Å². The molecule has 0 saturated heterocycles. The summed E-state index contributed by atoms with van der Waals surface area (Å²) in [7, 11) is 1.58. The minimum absolute atomic E-state index is 0.270. The molecule has 4 N–H and O–H groups in total. The van der Waals surface area contributed by atoms with Crippen LogP contribution in [0.3, 0.4) is 0 Å². The van der Waals surface area contributed by atoms with Crippen molar-refractivity contribution in [2.45, 2.75) is 0 Å². The zero-order valence-corrected chi connectivity index (χ0v) is 13.0. The average Bonchev–Trinajstić information content (AvgIpc) is 2.61. The standard InChI is InChI=1S/C17H16FN5O/c1-24-14-9-5-4-8-13(14)23-17-15(19)16(20-10-21-17)22-12-7-3-2-6-11(12)18/h2-10H,19H2,1H3,(H2,20,21,22,23). The first-order chi connectivity index (χ1) is 11.7. The number of hydrogen-bond donors (Lipinski definition) is 3. The number of hydrogen-bond acceptors (Lipinski definition) is 6. The lowest BCUT2D eigenvalue weighted by atomic mass is 10.2. The monoisotopic (exact) mass is 325 g/mol. The SMILES string of the molecule is COc1ccccc1Nc1ncnc(Nc2ccccc2F)c1N. The van der Waals surface area contributed by atoms with Gasteiger partial charge in [-0.1, -0.05) is 24.3 Å². The predicted molar refractivity (Wildman–Crippen MR) is 92.4 cm³/mol. The van der Waals surface area contributed by atoms with Gasteiger partial charge in [-0.05, 0) is 24.3 Å². The molecular formula is C17H16FN5O. The minimum atomic E-state index is -0.394. The molecule has 0 saturated carbocycles. The molecule has 0 fully saturated rings. The van der Waals surface area contributed by atoms with E-state index in [-0.39, 0.29) is 11.4 Å². The molecule has 0 unspecified atom stereocenters. The first kappa shape index (κ1) is 15.5. The Bertz CT molecular complexity index is 856. The van der Waals surface area contributed by atoms with Crippen molar-refractivity contribution in [2.75, 3.05) is 23.5 Å². The number of nitrogens with two attached hydrogens (primary N) is 1. The summed E-state index contributed by atoms with van der Waals surface area (Å²) in [5.41, 5.74) is 7.37. The number of ether oxygens (including phenoxy) is 1. The van der Waals surface area contributed by atoms with Gasteiger partial charge in [0.15, 0.2) is 11.6 Å². The third-order valence-electron chi connectivity index (χ3n) is 3.37. The highest BCUT2D eigenvalue weighted by Crippen LogP contribution is 2.32. The van der Waals surface area contributed by atoms with E-state index in [1.807, 2.05) is 24.3 Å². The lowest BCUT2D eigenvalue weighted by Gasteiger charge is -2.14. The van der Waals surface area contributed by atoms with Crippen molar-refractivity contribution in [3.05, 3.63) is 60.7 Å². The van der Waals surface area contributed by atoms with Crippen LogP contribution in [0.5, 0.6) is 5.75 Å². The number of halogens is 1. The maximum Gasteiger partial charge on any atom is 0.159 e. The van der Waals surface area contributed by atoms with Crippen LogP contribution in [-0.4, -0.2) is 17.1 Å². The van der Waals surface area contributed by atoms with Gasteiger partial charge < -0.3 is 21.1 Å². The van der Waals surface area contributed by atoms with Crippen molar-refractivity contribution in [3.63, 3.8) is 0 Å². The van der Waals surface area contributed by atoms with E-state index in [4.69, 9.17) is 10.5 Å². The second kappa shape index (κ2) is 6.82. The van der Waals surface area contributed by atoms with E-state index in [0.717, 1.165) is 0 Å². The zero-order chi connectivity index (χ0) is 16.9. The number of nitrogens with zero attached hydrogens (tertiary/aromatic N) is 2. The molecule has 1 aromatic heterocycles. The molecule has 0 bridgehead atoms. The molecule has 0 amide bonds. The molecule has 0 aliphatic rings. The number of methoxy groups -OCH3 is 1. The molecule has 0 radical (unpaired) electrons. The zero-order valence-electron chi connectivity index (χ0n) is 13.0. The Labute approximate surface area is 138 Å². The van der Waals surface area contributed by atoms with Crippen LogP contribution in [0.2, 0.25) is 0 Å². The van der Waals surface area contributed by atoms with E-state index in [1.165, 1.54) is 12.4 Å². The Hall–Kier alpha value is -3.35. The van der Waals surface area contributed by atoms with Gasteiger partial charge in [-0.15, -0.1) is 0 Å². The van der Waals surface area contributed by atoms with Gasteiger partial charge in [-0.25, -0.2) is 14.4 Å². The predicted octanol–water partition coefficient (Wildman–Crippen LogP) is 3.69. The molecule has 122 valence electrons. The van der Waals surface area contributed by atoms with Crippen LogP contribution in [-0.2, 0) is 0 Å². The van der Waals surface area contributed by atoms with E-state index >= 15 is 0 Å². The number of benzene rings is 2. The van der Waals surface area contributed by atoms with Gasteiger partial charge in [0.05, 0.1) is 18.5 Å². The first-order valence-corrected chi connectivity index (χ1v) is 7.21. The van der Waals surface area contributed by atoms with Gasteiger partial charge in [0, 0.05) is 0 Å². The molecule has 3 rings (SSSR count). The van der Waals surface area contributed by atoms with Crippen LogP contribution >= 0.6 is 0 Å². The lowest BCUT2D eigenvalue weighted by Crippen LogP contribution is -2.06. The Kier molecular flexibility index (Phi) is 4.42. The van der Waals surface area contributed by atoms with Crippen LogP contribution in [0.25, 0.3) is 0 Å². The fourth-order valence-electron chi connectivity index (χ4n) is 2.16. The molecule has 0 aliphatic heterocycles. The summed E-state index contributed by atoms with van der Waals surface area (Å²) in [5.74, 6) is 0.967. The van der Waals surface area contributed by atoms with Crippen LogP contribution in [0.1, 0.15) is 0 Å². The summed E-state index contributed by atoms with van der Waals surface area (Å²) in [4.78, 5) is 8.21. The molecule has 7 heteroatoms. The van der Waals surface area contributed by atoms with Crippen LogP contribution in [0.4, 0.5) is 33.1 Å². The van der Waals surface area contributed by atoms with Crippen molar-refractivity contribution in [3.8, 4) is 5.75 Å². The quantitative estimate of drug-likeness (QED) is 0.663. The second-order valence-corrected chi connectivity index (χ2v) is 4.91. The summed E-state index contributed by atoms with van der Waals surface area (Å²) in [5, 5.41) is 5.97.